The monoisotopic (exact) mass is 411 g/mol. The zero-order valence-corrected chi connectivity index (χ0v) is 17.7. The highest BCUT2D eigenvalue weighted by Gasteiger charge is 2.45. The summed E-state index contributed by atoms with van der Waals surface area (Å²) in [5.74, 6) is 0.477. The standard InChI is InChI=1S/C22H29N5O3/c1-21(2)17-15(18(26-25-17)24-19(29)22(3)10-7-11-22)13-27(21)20(30)23-12-16(28)14-8-5-4-6-9-14/h4-6,8-9,16,28H,7,10-13H2,1-3H3,(H,23,30)(H2,24,25,26,29). The van der Waals surface area contributed by atoms with Crippen LogP contribution < -0.4 is 10.6 Å². The van der Waals surface area contributed by atoms with Gasteiger partial charge in [-0.25, -0.2) is 4.79 Å². The molecule has 0 bridgehead atoms. The summed E-state index contributed by atoms with van der Waals surface area (Å²) in [4.78, 5) is 27.2. The summed E-state index contributed by atoms with van der Waals surface area (Å²) in [5, 5.41) is 23.4. The SMILES string of the molecule is CC1(C(=O)Nc2n[nH]c3c2CN(C(=O)NCC(O)c2ccccc2)C3(C)C)CCC1. The number of aromatic nitrogens is 2. The number of benzene rings is 1. The van der Waals surface area contributed by atoms with E-state index in [1.54, 1.807) is 4.90 Å². The molecule has 4 rings (SSSR count). The molecule has 0 saturated heterocycles. The molecule has 8 nitrogen and oxygen atoms in total. The first kappa shape index (κ1) is 20.4. The maximum Gasteiger partial charge on any atom is 0.318 e. The first-order valence-corrected chi connectivity index (χ1v) is 10.4. The molecule has 4 N–H and O–H groups in total. The normalized spacial score (nSPS) is 19.5. The van der Waals surface area contributed by atoms with E-state index in [9.17, 15) is 14.7 Å². The molecular formula is C22H29N5O3. The van der Waals surface area contributed by atoms with Gasteiger partial charge in [0.15, 0.2) is 5.82 Å². The Morgan fingerprint density at radius 3 is 2.57 bits per heavy atom. The topological polar surface area (TPSA) is 110 Å². The summed E-state index contributed by atoms with van der Waals surface area (Å²) in [6.07, 6.45) is 2.06. The van der Waals surface area contributed by atoms with E-state index in [2.05, 4.69) is 20.8 Å². The molecule has 1 unspecified atom stereocenters. The van der Waals surface area contributed by atoms with E-state index in [0.29, 0.717) is 12.4 Å². The molecular weight excluding hydrogens is 382 g/mol. The number of amides is 3. The Hall–Kier alpha value is -2.87. The highest BCUT2D eigenvalue weighted by atomic mass is 16.3. The third-order valence-electron chi connectivity index (χ3n) is 6.58. The van der Waals surface area contributed by atoms with Crippen molar-refractivity contribution in [2.45, 2.75) is 58.2 Å². The molecule has 0 spiro atoms. The summed E-state index contributed by atoms with van der Waals surface area (Å²) in [6.45, 7) is 6.29. The molecule has 1 saturated carbocycles. The van der Waals surface area contributed by atoms with Crippen molar-refractivity contribution in [2.75, 3.05) is 11.9 Å². The van der Waals surface area contributed by atoms with Crippen molar-refractivity contribution in [3.05, 3.63) is 47.2 Å². The molecule has 1 aliphatic carbocycles. The highest BCUT2D eigenvalue weighted by Crippen LogP contribution is 2.43. The van der Waals surface area contributed by atoms with Crippen molar-refractivity contribution >= 4 is 17.8 Å². The van der Waals surface area contributed by atoms with Gasteiger partial charge in [-0.2, -0.15) is 5.10 Å². The van der Waals surface area contributed by atoms with Crippen molar-refractivity contribution in [3.63, 3.8) is 0 Å². The maximum absolute atomic E-state index is 12.9. The molecule has 1 atom stereocenters. The van der Waals surface area contributed by atoms with Gasteiger partial charge in [0.05, 0.1) is 23.9 Å². The average Bonchev–Trinajstić information content (AvgIpc) is 3.22. The predicted octanol–water partition coefficient (Wildman–Crippen LogP) is 3.03. The van der Waals surface area contributed by atoms with Gasteiger partial charge < -0.3 is 20.6 Å². The number of aromatic amines is 1. The Balaban J connectivity index is 1.43. The molecule has 3 amide bonds. The second-order valence-electron chi connectivity index (χ2n) is 9.05. The van der Waals surface area contributed by atoms with Gasteiger partial charge in [0.25, 0.3) is 0 Å². The molecule has 2 aromatic rings. The molecule has 2 aliphatic rings. The van der Waals surface area contributed by atoms with Crippen LogP contribution in [0, 0.1) is 5.41 Å². The fourth-order valence-corrected chi connectivity index (χ4v) is 4.21. The Kier molecular flexibility index (Phi) is 5.05. The number of aliphatic hydroxyl groups is 1. The lowest BCUT2D eigenvalue weighted by Gasteiger charge is -2.36. The average molecular weight is 412 g/mol. The molecule has 2 heterocycles. The van der Waals surface area contributed by atoms with Gasteiger partial charge in [0.1, 0.15) is 0 Å². The second kappa shape index (κ2) is 7.43. The van der Waals surface area contributed by atoms with E-state index in [4.69, 9.17) is 0 Å². The molecule has 1 fully saturated rings. The molecule has 8 heteroatoms. The van der Waals surface area contributed by atoms with Crippen molar-refractivity contribution < 1.29 is 14.7 Å². The lowest BCUT2D eigenvalue weighted by atomic mass is 9.70. The molecule has 0 radical (unpaired) electrons. The number of carbonyl (C=O) groups excluding carboxylic acids is 2. The van der Waals surface area contributed by atoms with Gasteiger partial charge in [-0.05, 0) is 32.3 Å². The molecule has 30 heavy (non-hydrogen) atoms. The van der Waals surface area contributed by atoms with Crippen molar-refractivity contribution in [2.24, 2.45) is 5.41 Å². The van der Waals surface area contributed by atoms with Gasteiger partial charge in [0, 0.05) is 17.5 Å². The van der Waals surface area contributed by atoms with Crippen molar-refractivity contribution in [1.29, 1.82) is 0 Å². The molecule has 1 aliphatic heterocycles. The van der Waals surface area contributed by atoms with Crippen LogP contribution in [0.1, 0.15) is 63.0 Å². The first-order valence-electron chi connectivity index (χ1n) is 10.4. The third kappa shape index (κ3) is 3.45. The van der Waals surface area contributed by atoms with Crippen LogP contribution in [0.15, 0.2) is 30.3 Å². The number of urea groups is 1. The summed E-state index contributed by atoms with van der Waals surface area (Å²) in [7, 11) is 0. The Morgan fingerprint density at radius 1 is 1.23 bits per heavy atom. The zero-order valence-electron chi connectivity index (χ0n) is 17.7. The fraction of sp³-hybridized carbons (Fsp3) is 0.500. The Morgan fingerprint density at radius 2 is 1.93 bits per heavy atom. The van der Waals surface area contributed by atoms with Gasteiger partial charge in [-0.3, -0.25) is 9.89 Å². The molecule has 1 aromatic heterocycles. The van der Waals surface area contributed by atoms with Crippen LogP contribution in [0.5, 0.6) is 0 Å². The number of H-pyrrole nitrogens is 1. The summed E-state index contributed by atoms with van der Waals surface area (Å²) in [6, 6.07) is 8.95. The number of rotatable bonds is 5. The lowest BCUT2D eigenvalue weighted by molar-refractivity contribution is -0.128. The number of anilines is 1. The summed E-state index contributed by atoms with van der Waals surface area (Å²) >= 11 is 0. The Labute approximate surface area is 176 Å². The van der Waals surface area contributed by atoms with Crippen molar-refractivity contribution in [1.82, 2.24) is 20.4 Å². The third-order valence-corrected chi connectivity index (χ3v) is 6.58. The molecule has 1 aromatic carbocycles. The van der Waals surface area contributed by atoms with Crippen LogP contribution in [0.4, 0.5) is 10.6 Å². The minimum atomic E-state index is -0.779. The summed E-state index contributed by atoms with van der Waals surface area (Å²) in [5.41, 5.74) is 1.45. The number of hydrogen-bond acceptors (Lipinski definition) is 4. The van der Waals surface area contributed by atoms with Crippen LogP contribution in [-0.4, -0.2) is 38.7 Å². The zero-order chi connectivity index (χ0) is 21.5. The van der Waals surface area contributed by atoms with E-state index in [0.717, 1.165) is 36.1 Å². The van der Waals surface area contributed by atoms with E-state index in [1.165, 1.54) is 0 Å². The van der Waals surface area contributed by atoms with Crippen molar-refractivity contribution in [3.8, 4) is 0 Å². The number of hydrogen-bond donors (Lipinski definition) is 4. The van der Waals surface area contributed by atoms with Crippen LogP contribution in [0.25, 0.3) is 0 Å². The van der Waals surface area contributed by atoms with Crippen LogP contribution in [0.3, 0.4) is 0 Å². The van der Waals surface area contributed by atoms with Gasteiger partial charge in [-0.15, -0.1) is 0 Å². The van der Waals surface area contributed by atoms with E-state index in [1.807, 2.05) is 51.1 Å². The van der Waals surface area contributed by atoms with Gasteiger partial charge in [-0.1, -0.05) is 43.7 Å². The fourth-order valence-electron chi connectivity index (χ4n) is 4.21. The van der Waals surface area contributed by atoms with Gasteiger partial charge in [0.2, 0.25) is 5.91 Å². The minimum absolute atomic E-state index is 0.0188. The first-order chi connectivity index (χ1) is 14.2. The van der Waals surface area contributed by atoms with E-state index >= 15 is 0 Å². The predicted molar refractivity (Wildman–Crippen MR) is 113 cm³/mol. The number of fused-ring (bicyclic) bond motifs is 1. The Bertz CT molecular complexity index is 949. The largest absolute Gasteiger partial charge is 0.387 e. The van der Waals surface area contributed by atoms with Crippen LogP contribution >= 0.6 is 0 Å². The maximum atomic E-state index is 12.9. The number of nitrogens with zero attached hydrogens (tertiary/aromatic N) is 2. The second-order valence-corrected chi connectivity index (χ2v) is 9.05. The van der Waals surface area contributed by atoms with E-state index in [-0.39, 0.29) is 23.9 Å². The number of nitrogens with one attached hydrogen (secondary N) is 3. The number of carbonyl (C=O) groups is 2. The van der Waals surface area contributed by atoms with E-state index < -0.39 is 11.6 Å². The highest BCUT2D eigenvalue weighted by molar-refractivity contribution is 5.95. The smallest absolute Gasteiger partial charge is 0.318 e. The summed E-state index contributed by atoms with van der Waals surface area (Å²) < 4.78 is 0. The molecule has 160 valence electrons. The number of aliphatic hydroxyl groups excluding tert-OH is 1. The quantitative estimate of drug-likeness (QED) is 0.606. The van der Waals surface area contributed by atoms with Gasteiger partial charge >= 0.3 is 6.03 Å². The minimum Gasteiger partial charge on any atom is -0.387 e. The van der Waals surface area contributed by atoms with Crippen LogP contribution in [-0.2, 0) is 16.9 Å². The lowest BCUT2D eigenvalue weighted by Crippen LogP contribution is -2.47. The van der Waals surface area contributed by atoms with Crippen LogP contribution in [0.2, 0.25) is 0 Å².